The fraction of sp³-hybridized carbons (Fsp3) is 1.00. The summed E-state index contributed by atoms with van der Waals surface area (Å²) < 4.78 is 0. The first-order valence-electron chi connectivity index (χ1n) is 10.2. The highest BCUT2D eigenvalue weighted by atomic mass is 79.9. The second-order valence-electron chi connectivity index (χ2n) is 9.77. The van der Waals surface area contributed by atoms with E-state index in [1.165, 1.54) is 69.5 Å². The van der Waals surface area contributed by atoms with Gasteiger partial charge in [-0.05, 0) is 98.2 Å². The molecule has 0 amide bonds. The molecule has 2 heteroatoms. The molecule has 0 aromatic heterocycles. The van der Waals surface area contributed by atoms with Gasteiger partial charge in [0.2, 0.25) is 0 Å². The third-order valence-electron chi connectivity index (χ3n) is 9.23. The van der Waals surface area contributed by atoms with Crippen LogP contribution < -0.4 is 0 Å². The topological polar surface area (TPSA) is 0 Å². The number of hydrogen-bond acceptors (Lipinski definition) is 0. The molecule has 4 fully saturated rings. The molecule has 0 aliphatic heterocycles. The Labute approximate surface area is 160 Å². The molecule has 4 aliphatic rings. The van der Waals surface area contributed by atoms with Crippen LogP contribution in [0.2, 0.25) is 0 Å². The lowest BCUT2D eigenvalue weighted by molar-refractivity contribution is -0.108. The van der Waals surface area contributed by atoms with Crippen molar-refractivity contribution in [3.63, 3.8) is 0 Å². The van der Waals surface area contributed by atoms with Gasteiger partial charge in [-0.3, -0.25) is 0 Å². The summed E-state index contributed by atoms with van der Waals surface area (Å²) in [6, 6.07) is 0. The fourth-order valence-corrected chi connectivity index (χ4v) is 9.79. The molecule has 0 nitrogen and oxygen atoms in total. The van der Waals surface area contributed by atoms with Crippen molar-refractivity contribution in [2.24, 2.45) is 40.4 Å². The molecule has 0 saturated heterocycles. The van der Waals surface area contributed by atoms with Gasteiger partial charge < -0.3 is 0 Å². The lowest BCUT2D eigenvalue weighted by Gasteiger charge is -2.61. The zero-order chi connectivity index (χ0) is 16.2. The minimum absolute atomic E-state index is 0.643. The van der Waals surface area contributed by atoms with E-state index >= 15 is 0 Å². The Morgan fingerprint density at radius 2 is 1.57 bits per heavy atom. The van der Waals surface area contributed by atoms with Gasteiger partial charge in [0, 0.05) is 10.2 Å². The summed E-state index contributed by atoms with van der Waals surface area (Å²) in [5.41, 5.74) is 1.31. The number of alkyl halides is 2. The van der Waals surface area contributed by atoms with Gasteiger partial charge in [0.05, 0.1) is 0 Å². The Morgan fingerprint density at radius 3 is 2.35 bits per heavy atom. The Balaban J connectivity index is 1.60. The van der Waals surface area contributed by atoms with E-state index in [-0.39, 0.29) is 0 Å². The van der Waals surface area contributed by atoms with Crippen LogP contribution in [0.1, 0.15) is 78.1 Å². The molecule has 0 aromatic carbocycles. The molecule has 0 N–H and O–H groups in total. The summed E-state index contributed by atoms with van der Waals surface area (Å²) in [6.07, 6.45) is 14.9. The zero-order valence-electron chi connectivity index (χ0n) is 15.0. The maximum Gasteiger partial charge on any atom is 0.0179 e. The molecular weight excluding hydrogens is 412 g/mol. The minimum atomic E-state index is 0.643. The van der Waals surface area contributed by atoms with Gasteiger partial charge in [-0.2, -0.15) is 0 Å². The molecule has 8 atom stereocenters. The summed E-state index contributed by atoms with van der Waals surface area (Å²) in [6.45, 7) is 5.37. The average Bonchev–Trinajstić information content (AvgIpc) is 2.84. The standard InChI is InChI=1S/C21H34Br2/c1-20-12-9-17-15(16(20)7-5-14(20)10-13-22)6-8-18-19(23)4-3-11-21(17,18)2/h14-19H,3-13H2,1-2H3/t14-,15+,16+,17+,18?,19?,20-,21-/m1/s1. The van der Waals surface area contributed by atoms with E-state index in [1.54, 1.807) is 0 Å². The molecule has 0 aromatic rings. The summed E-state index contributed by atoms with van der Waals surface area (Å²) in [4.78, 5) is 0.806. The molecule has 132 valence electrons. The predicted molar refractivity (Wildman–Crippen MR) is 106 cm³/mol. The summed E-state index contributed by atoms with van der Waals surface area (Å²) in [5.74, 6) is 5.07. The van der Waals surface area contributed by atoms with Gasteiger partial charge in [0.15, 0.2) is 0 Å². The number of hydrogen-bond donors (Lipinski definition) is 0. The van der Waals surface area contributed by atoms with Crippen molar-refractivity contribution in [3.8, 4) is 0 Å². The van der Waals surface area contributed by atoms with E-state index in [9.17, 15) is 0 Å². The second kappa shape index (κ2) is 6.29. The molecule has 0 spiro atoms. The minimum Gasteiger partial charge on any atom is -0.0928 e. The highest BCUT2D eigenvalue weighted by molar-refractivity contribution is 9.09. The van der Waals surface area contributed by atoms with Crippen LogP contribution in [0.25, 0.3) is 0 Å². The summed E-state index contributed by atoms with van der Waals surface area (Å²) in [5, 5.41) is 1.21. The maximum atomic E-state index is 4.07. The van der Waals surface area contributed by atoms with Gasteiger partial charge in [-0.15, -0.1) is 0 Å². The third kappa shape index (κ3) is 2.54. The third-order valence-corrected chi connectivity index (χ3v) is 10.8. The molecule has 0 radical (unpaired) electrons. The van der Waals surface area contributed by atoms with Crippen molar-refractivity contribution < 1.29 is 0 Å². The molecular formula is C21H34Br2. The Bertz CT molecular complexity index is 449. The van der Waals surface area contributed by atoms with Crippen LogP contribution in [0.15, 0.2) is 0 Å². The number of halogens is 2. The monoisotopic (exact) mass is 444 g/mol. The predicted octanol–water partition coefficient (Wildman–Crippen LogP) is 7.19. The Morgan fingerprint density at radius 1 is 0.826 bits per heavy atom. The quantitative estimate of drug-likeness (QED) is 0.394. The van der Waals surface area contributed by atoms with E-state index in [0.717, 1.165) is 34.4 Å². The Kier molecular flexibility index (Phi) is 4.75. The molecule has 4 rings (SSSR count). The fourth-order valence-electron chi connectivity index (χ4n) is 8.04. The van der Waals surface area contributed by atoms with Crippen molar-refractivity contribution in [2.75, 3.05) is 5.33 Å². The van der Waals surface area contributed by atoms with E-state index < -0.39 is 0 Å². The SMILES string of the molecule is C[C@]12CC[C@H]3[C@@H](CCC4C(Br)CCC[C@@]43C)[C@@H]1CC[C@@H]2CCBr. The highest BCUT2D eigenvalue weighted by Crippen LogP contribution is 2.68. The first kappa shape index (κ1) is 17.4. The van der Waals surface area contributed by atoms with Crippen LogP contribution in [0.5, 0.6) is 0 Å². The van der Waals surface area contributed by atoms with Gasteiger partial charge >= 0.3 is 0 Å². The van der Waals surface area contributed by atoms with Gasteiger partial charge in [0.1, 0.15) is 0 Å². The molecule has 4 saturated carbocycles. The van der Waals surface area contributed by atoms with E-state index in [1.807, 2.05) is 0 Å². The first-order valence-corrected chi connectivity index (χ1v) is 12.2. The van der Waals surface area contributed by atoms with E-state index in [0.29, 0.717) is 10.8 Å². The van der Waals surface area contributed by atoms with E-state index in [2.05, 4.69) is 45.7 Å². The van der Waals surface area contributed by atoms with Crippen molar-refractivity contribution in [1.29, 1.82) is 0 Å². The van der Waals surface area contributed by atoms with Crippen LogP contribution in [0, 0.1) is 40.4 Å². The molecule has 4 aliphatic carbocycles. The average molecular weight is 446 g/mol. The van der Waals surface area contributed by atoms with Gasteiger partial charge in [0.25, 0.3) is 0 Å². The van der Waals surface area contributed by atoms with Crippen LogP contribution in [0.3, 0.4) is 0 Å². The number of fused-ring (bicyclic) bond motifs is 5. The maximum absolute atomic E-state index is 4.07. The molecule has 0 bridgehead atoms. The van der Waals surface area contributed by atoms with Crippen molar-refractivity contribution in [2.45, 2.75) is 82.9 Å². The van der Waals surface area contributed by atoms with Crippen LogP contribution in [-0.4, -0.2) is 10.2 Å². The highest BCUT2D eigenvalue weighted by Gasteiger charge is 2.60. The Hall–Kier alpha value is 0.960. The van der Waals surface area contributed by atoms with E-state index in [4.69, 9.17) is 0 Å². The van der Waals surface area contributed by atoms with Crippen molar-refractivity contribution >= 4 is 31.9 Å². The lowest BCUT2D eigenvalue weighted by Crippen LogP contribution is -2.54. The number of rotatable bonds is 2. The second-order valence-corrected chi connectivity index (χ2v) is 11.7. The van der Waals surface area contributed by atoms with Crippen molar-refractivity contribution in [3.05, 3.63) is 0 Å². The molecule has 0 heterocycles. The summed E-state index contributed by atoms with van der Waals surface area (Å²) >= 11 is 7.80. The van der Waals surface area contributed by atoms with Crippen LogP contribution in [0.4, 0.5) is 0 Å². The van der Waals surface area contributed by atoms with Crippen LogP contribution in [-0.2, 0) is 0 Å². The normalized spacial score (nSPS) is 55.8. The molecule has 23 heavy (non-hydrogen) atoms. The van der Waals surface area contributed by atoms with Gasteiger partial charge in [-0.1, -0.05) is 52.1 Å². The largest absolute Gasteiger partial charge is 0.0928 e. The lowest BCUT2D eigenvalue weighted by atomic mass is 9.45. The molecule has 2 unspecified atom stereocenters. The van der Waals surface area contributed by atoms with Gasteiger partial charge in [-0.25, -0.2) is 0 Å². The summed E-state index contributed by atoms with van der Waals surface area (Å²) in [7, 11) is 0. The van der Waals surface area contributed by atoms with Crippen molar-refractivity contribution in [1.82, 2.24) is 0 Å². The zero-order valence-corrected chi connectivity index (χ0v) is 18.2. The first-order chi connectivity index (χ1) is 11.0. The smallest absolute Gasteiger partial charge is 0.0179 e. The van der Waals surface area contributed by atoms with Crippen LogP contribution >= 0.6 is 31.9 Å².